The van der Waals surface area contributed by atoms with Crippen molar-refractivity contribution in [3.05, 3.63) is 40.2 Å². The van der Waals surface area contributed by atoms with Gasteiger partial charge in [0.1, 0.15) is 6.26 Å². The number of aromatic nitrogens is 1. The van der Waals surface area contributed by atoms with Crippen LogP contribution in [0.3, 0.4) is 0 Å². The summed E-state index contributed by atoms with van der Waals surface area (Å²) < 4.78 is 5.42. The minimum atomic E-state index is 0.457. The molecular weight excluding hydrogens is 271 g/mol. The zero-order valence-electron chi connectivity index (χ0n) is 10.0. The van der Waals surface area contributed by atoms with Crippen LogP contribution in [0, 0.1) is 0 Å². The van der Waals surface area contributed by atoms with Gasteiger partial charge in [0, 0.05) is 6.54 Å². The van der Waals surface area contributed by atoms with Crippen LogP contribution in [0.5, 0.6) is 0 Å². The molecule has 5 heteroatoms. The van der Waals surface area contributed by atoms with E-state index in [4.69, 9.17) is 27.6 Å². The van der Waals surface area contributed by atoms with Gasteiger partial charge in [-0.1, -0.05) is 36.2 Å². The molecule has 1 aromatic heterocycles. The number of hydrogen-bond acceptors (Lipinski definition) is 3. The fourth-order valence-electron chi connectivity index (χ4n) is 1.60. The van der Waals surface area contributed by atoms with Crippen LogP contribution in [0.15, 0.2) is 28.9 Å². The van der Waals surface area contributed by atoms with E-state index in [2.05, 4.69) is 17.2 Å². The first-order chi connectivity index (χ1) is 8.72. The standard InChI is InChI=1S/C13H14Cl2N2O/c1-2-6-16-7-9-8-18-13(17-9)12-10(14)4-3-5-11(12)15/h3-5,8,16H,2,6-7H2,1H3. The Balaban J connectivity index is 2.19. The van der Waals surface area contributed by atoms with Crippen molar-refractivity contribution in [1.29, 1.82) is 0 Å². The normalized spacial score (nSPS) is 10.8. The van der Waals surface area contributed by atoms with Gasteiger partial charge in [-0.2, -0.15) is 0 Å². The van der Waals surface area contributed by atoms with E-state index in [1.807, 2.05) is 0 Å². The lowest BCUT2D eigenvalue weighted by atomic mass is 10.2. The monoisotopic (exact) mass is 284 g/mol. The zero-order valence-corrected chi connectivity index (χ0v) is 11.6. The van der Waals surface area contributed by atoms with Crippen LogP contribution >= 0.6 is 23.2 Å². The van der Waals surface area contributed by atoms with Crippen molar-refractivity contribution in [2.24, 2.45) is 0 Å². The average molecular weight is 285 g/mol. The third kappa shape index (κ3) is 3.05. The lowest BCUT2D eigenvalue weighted by Crippen LogP contribution is -2.13. The Bertz CT molecular complexity index is 505. The quantitative estimate of drug-likeness (QED) is 0.839. The molecule has 2 rings (SSSR count). The van der Waals surface area contributed by atoms with E-state index in [0.29, 0.717) is 28.0 Å². The van der Waals surface area contributed by atoms with Gasteiger partial charge in [-0.05, 0) is 25.1 Å². The number of nitrogens with one attached hydrogen (secondary N) is 1. The van der Waals surface area contributed by atoms with E-state index in [1.165, 1.54) is 0 Å². The van der Waals surface area contributed by atoms with Gasteiger partial charge in [0.05, 0.1) is 21.3 Å². The van der Waals surface area contributed by atoms with Gasteiger partial charge in [0.25, 0.3) is 0 Å². The van der Waals surface area contributed by atoms with Crippen molar-refractivity contribution in [3.8, 4) is 11.5 Å². The molecule has 2 aromatic rings. The Morgan fingerprint density at radius 1 is 1.28 bits per heavy atom. The molecule has 96 valence electrons. The molecule has 0 bridgehead atoms. The second kappa shape index (κ2) is 6.23. The summed E-state index contributed by atoms with van der Waals surface area (Å²) in [5, 5.41) is 4.34. The van der Waals surface area contributed by atoms with Crippen LogP contribution in [0.2, 0.25) is 10.0 Å². The number of hydrogen-bond donors (Lipinski definition) is 1. The minimum Gasteiger partial charge on any atom is -0.444 e. The van der Waals surface area contributed by atoms with Crippen LogP contribution in [0.25, 0.3) is 11.5 Å². The SMILES string of the molecule is CCCNCc1coc(-c2c(Cl)cccc2Cl)n1. The summed E-state index contributed by atoms with van der Waals surface area (Å²) in [5.74, 6) is 0.457. The summed E-state index contributed by atoms with van der Waals surface area (Å²) in [6.07, 6.45) is 2.71. The van der Waals surface area contributed by atoms with Crippen LogP contribution < -0.4 is 5.32 Å². The molecule has 0 fully saturated rings. The molecule has 0 aliphatic rings. The van der Waals surface area contributed by atoms with Gasteiger partial charge in [-0.15, -0.1) is 0 Å². The number of rotatable bonds is 5. The van der Waals surface area contributed by atoms with E-state index >= 15 is 0 Å². The Labute approximate surface area is 116 Å². The molecule has 0 amide bonds. The third-order valence-electron chi connectivity index (χ3n) is 2.46. The van der Waals surface area contributed by atoms with Crippen molar-refractivity contribution in [3.63, 3.8) is 0 Å². The van der Waals surface area contributed by atoms with Gasteiger partial charge in [-0.25, -0.2) is 4.98 Å². The van der Waals surface area contributed by atoms with Gasteiger partial charge in [0.2, 0.25) is 5.89 Å². The molecule has 0 unspecified atom stereocenters. The number of oxazole rings is 1. The Morgan fingerprint density at radius 3 is 2.67 bits per heavy atom. The van der Waals surface area contributed by atoms with E-state index < -0.39 is 0 Å². The molecule has 0 radical (unpaired) electrons. The Kier molecular flexibility index (Phi) is 4.64. The first kappa shape index (κ1) is 13.4. The summed E-state index contributed by atoms with van der Waals surface area (Å²) in [6.45, 7) is 3.75. The minimum absolute atomic E-state index is 0.457. The maximum Gasteiger partial charge on any atom is 0.229 e. The van der Waals surface area contributed by atoms with E-state index in [-0.39, 0.29) is 0 Å². The highest BCUT2D eigenvalue weighted by Crippen LogP contribution is 2.33. The van der Waals surface area contributed by atoms with E-state index in [9.17, 15) is 0 Å². The fraction of sp³-hybridized carbons (Fsp3) is 0.308. The van der Waals surface area contributed by atoms with Crippen molar-refractivity contribution in [1.82, 2.24) is 10.3 Å². The second-order valence-corrected chi connectivity index (χ2v) is 4.73. The summed E-state index contributed by atoms with van der Waals surface area (Å²) in [7, 11) is 0. The molecule has 3 nitrogen and oxygen atoms in total. The largest absolute Gasteiger partial charge is 0.444 e. The van der Waals surface area contributed by atoms with Crippen LogP contribution in [0.4, 0.5) is 0 Å². The van der Waals surface area contributed by atoms with Crippen molar-refractivity contribution in [2.75, 3.05) is 6.54 Å². The topological polar surface area (TPSA) is 38.1 Å². The molecule has 18 heavy (non-hydrogen) atoms. The fourth-order valence-corrected chi connectivity index (χ4v) is 2.16. The molecule has 1 aromatic carbocycles. The molecule has 0 saturated carbocycles. The molecular formula is C13H14Cl2N2O. The predicted octanol–water partition coefficient (Wildman–Crippen LogP) is 4.15. The zero-order chi connectivity index (χ0) is 13.0. The summed E-state index contributed by atoms with van der Waals surface area (Å²) in [5.41, 5.74) is 1.48. The summed E-state index contributed by atoms with van der Waals surface area (Å²) >= 11 is 12.2. The molecule has 1 heterocycles. The van der Waals surface area contributed by atoms with Crippen molar-refractivity contribution >= 4 is 23.2 Å². The van der Waals surface area contributed by atoms with Crippen LogP contribution in [0.1, 0.15) is 19.0 Å². The number of halogens is 2. The van der Waals surface area contributed by atoms with Crippen molar-refractivity contribution < 1.29 is 4.42 Å². The Hall–Kier alpha value is -1.03. The first-order valence-electron chi connectivity index (χ1n) is 5.82. The number of benzene rings is 1. The maximum absolute atomic E-state index is 6.10. The third-order valence-corrected chi connectivity index (χ3v) is 3.09. The Morgan fingerprint density at radius 2 is 2.00 bits per heavy atom. The highest BCUT2D eigenvalue weighted by molar-refractivity contribution is 6.38. The molecule has 0 saturated heterocycles. The average Bonchev–Trinajstić information content (AvgIpc) is 2.78. The first-order valence-corrected chi connectivity index (χ1v) is 6.57. The van der Waals surface area contributed by atoms with Gasteiger partial charge in [0.15, 0.2) is 0 Å². The lowest BCUT2D eigenvalue weighted by Gasteiger charge is -2.01. The predicted molar refractivity (Wildman–Crippen MR) is 74.0 cm³/mol. The van der Waals surface area contributed by atoms with Crippen LogP contribution in [-0.4, -0.2) is 11.5 Å². The van der Waals surface area contributed by atoms with E-state index in [1.54, 1.807) is 24.5 Å². The van der Waals surface area contributed by atoms with E-state index in [0.717, 1.165) is 18.7 Å². The van der Waals surface area contributed by atoms with Crippen LogP contribution in [-0.2, 0) is 6.54 Å². The molecule has 0 spiro atoms. The highest BCUT2D eigenvalue weighted by Gasteiger charge is 2.13. The second-order valence-electron chi connectivity index (χ2n) is 3.92. The number of nitrogens with zero attached hydrogens (tertiary/aromatic N) is 1. The lowest BCUT2D eigenvalue weighted by molar-refractivity contribution is 0.570. The molecule has 1 N–H and O–H groups in total. The highest BCUT2D eigenvalue weighted by atomic mass is 35.5. The maximum atomic E-state index is 6.10. The van der Waals surface area contributed by atoms with Gasteiger partial charge in [-0.3, -0.25) is 0 Å². The summed E-state index contributed by atoms with van der Waals surface area (Å²) in [6, 6.07) is 5.32. The van der Waals surface area contributed by atoms with Gasteiger partial charge < -0.3 is 9.73 Å². The molecule has 0 aliphatic heterocycles. The van der Waals surface area contributed by atoms with Gasteiger partial charge >= 0.3 is 0 Å². The smallest absolute Gasteiger partial charge is 0.229 e. The molecule has 0 atom stereocenters. The summed E-state index contributed by atoms with van der Waals surface area (Å²) in [4.78, 5) is 4.38. The van der Waals surface area contributed by atoms with Crippen molar-refractivity contribution in [2.45, 2.75) is 19.9 Å². The molecule has 0 aliphatic carbocycles.